The predicted molar refractivity (Wildman–Crippen MR) is 383 cm³/mol. The van der Waals surface area contributed by atoms with Crippen LogP contribution in [-0.4, -0.2) is 75.3 Å². The highest BCUT2D eigenvalue weighted by Gasteiger charge is 2.55. The van der Waals surface area contributed by atoms with E-state index in [0.717, 1.165) is 104 Å². The van der Waals surface area contributed by atoms with Crippen LogP contribution in [0.3, 0.4) is 0 Å². The molecule has 19 rings (SSSR count). The van der Waals surface area contributed by atoms with Gasteiger partial charge in [-0.2, -0.15) is 13.2 Å². The Morgan fingerprint density at radius 1 is 0.412 bits per heavy atom. The van der Waals surface area contributed by atoms with Crippen LogP contribution < -0.4 is 0 Å². The van der Waals surface area contributed by atoms with Gasteiger partial charge >= 0.3 is 6.18 Å². The average Bonchev–Trinajstić information content (AvgIpc) is 1.64. The summed E-state index contributed by atoms with van der Waals surface area (Å²) >= 11 is 0. The lowest BCUT2D eigenvalue weighted by molar-refractivity contribution is -0.195. The lowest BCUT2D eigenvalue weighted by Gasteiger charge is -2.40. The molecule has 14 saturated carbocycles. The maximum absolute atomic E-state index is 12.0. The van der Waals surface area contributed by atoms with Crippen molar-refractivity contribution in [3.05, 3.63) is 95.1 Å². The van der Waals surface area contributed by atoms with Crippen molar-refractivity contribution in [1.82, 2.24) is 0 Å². The highest BCUT2D eigenvalue weighted by molar-refractivity contribution is 5.78. The number of hydrogen-bond donors (Lipinski definition) is 0. The number of aryl methyl sites for hydroxylation is 1. The lowest BCUT2D eigenvalue weighted by Crippen LogP contribution is -2.38. The van der Waals surface area contributed by atoms with Gasteiger partial charge in [0.25, 0.3) is 0 Å². The lowest BCUT2D eigenvalue weighted by atomic mass is 9.71. The standard InChI is InChI=1S/C23H26O.C19H32O2.C19H26O.C16H26O.C11H17F3O/c1-16(23-12-10-17(14-23)11-13-23)24-15-22-20-8-4-2-6-18(20)19-7-3-5-9-21(19)22;1-13(19(2)12-15-4-6-17(19)10-15)20-7-8-21-18-11-14-3-5-16(18)9-14;1-13(19(2)12-14-7-9-16(19)11-14)20-18-10-8-15-5-3-4-6-17(15)18;1-11(16-6-4-12(10-16)5-7-16)17-15-9-13-2-3-14(15)8-13;1-8(15-7-11(12,13)14)10-4-2-9(6-10)3-5-10/h2-9,16-17,22H,10-15H2,1H3;13-18H,3-12H2,1-2H3;3-6,13-14,16,18H,7-12H2,1-2H3;11-15H,2-10H2,1H3;8-9H,2-7H2,1H3. The molecule has 0 radical (unpaired) electrons. The van der Waals surface area contributed by atoms with Crippen LogP contribution in [0.4, 0.5) is 13.2 Å². The number of halogens is 3. The van der Waals surface area contributed by atoms with Gasteiger partial charge in [-0.15, -0.1) is 0 Å². The number of hydrogen-bond acceptors (Lipinski definition) is 6. The maximum atomic E-state index is 12.0. The van der Waals surface area contributed by atoms with Crippen molar-refractivity contribution in [1.29, 1.82) is 0 Å². The van der Waals surface area contributed by atoms with Crippen LogP contribution in [0, 0.1) is 92.2 Å². The Morgan fingerprint density at radius 3 is 1.35 bits per heavy atom. The minimum absolute atomic E-state index is 0.0654. The van der Waals surface area contributed by atoms with Gasteiger partial charge in [0.2, 0.25) is 0 Å². The summed E-state index contributed by atoms with van der Waals surface area (Å²) in [4.78, 5) is 0. The van der Waals surface area contributed by atoms with E-state index >= 15 is 0 Å². The quantitative estimate of drug-likeness (QED) is 0.112. The molecule has 0 amide bonds. The van der Waals surface area contributed by atoms with Crippen molar-refractivity contribution in [2.45, 2.75) is 321 Å². The molecule has 16 aliphatic rings. The molecule has 9 heteroatoms. The van der Waals surface area contributed by atoms with E-state index < -0.39 is 12.8 Å². The summed E-state index contributed by atoms with van der Waals surface area (Å²) in [5, 5.41) is 0. The van der Waals surface area contributed by atoms with Gasteiger partial charge in [0.15, 0.2) is 0 Å². The van der Waals surface area contributed by atoms with E-state index in [2.05, 4.69) is 114 Å². The van der Waals surface area contributed by atoms with E-state index in [-0.39, 0.29) is 11.5 Å². The monoisotopic (exact) mass is 1340 g/mol. The first-order valence-electron chi connectivity index (χ1n) is 40.8. The van der Waals surface area contributed by atoms with Gasteiger partial charge < -0.3 is 28.4 Å². The van der Waals surface area contributed by atoms with Gasteiger partial charge in [-0.25, -0.2) is 0 Å². The van der Waals surface area contributed by atoms with Crippen LogP contribution in [0.25, 0.3) is 11.1 Å². The highest BCUT2D eigenvalue weighted by Crippen LogP contribution is 2.63. The van der Waals surface area contributed by atoms with E-state index in [0.29, 0.717) is 70.3 Å². The third-order valence-corrected chi connectivity index (χ3v) is 32.2. The molecule has 97 heavy (non-hydrogen) atoms. The molecule has 0 spiro atoms. The van der Waals surface area contributed by atoms with Crippen LogP contribution in [0.5, 0.6) is 0 Å². The topological polar surface area (TPSA) is 55.4 Å². The van der Waals surface area contributed by atoms with Crippen LogP contribution in [0.15, 0.2) is 72.8 Å². The van der Waals surface area contributed by atoms with Crippen molar-refractivity contribution in [3.8, 4) is 11.1 Å². The minimum Gasteiger partial charge on any atom is -0.377 e. The fraction of sp³-hybridized carbons (Fsp3) is 0.795. The first kappa shape index (κ1) is 69.9. The Morgan fingerprint density at radius 2 is 0.887 bits per heavy atom. The third kappa shape index (κ3) is 14.4. The van der Waals surface area contributed by atoms with Gasteiger partial charge in [0.1, 0.15) is 6.61 Å². The van der Waals surface area contributed by atoms with Gasteiger partial charge in [0.05, 0.1) is 68.7 Å². The number of alkyl halides is 3. The summed E-state index contributed by atoms with van der Waals surface area (Å²) in [6, 6.07) is 26.6. The van der Waals surface area contributed by atoms with Crippen molar-refractivity contribution >= 4 is 0 Å². The molecule has 0 heterocycles. The first-order valence-corrected chi connectivity index (χ1v) is 40.8. The van der Waals surface area contributed by atoms with Crippen molar-refractivity contribution < 1.29 is 41.6 Å². The molecular weight excluding hydrogens is 1210 g/mol. The Labute approximate surface area is 584 Å². The van der Waals surface area contributed by atoms with Crippen LogP contribution in [-0.2, 0) is 34.8 Å². The molecule has 0 saturated heterocycles. The summed E-state index contributed by atoms with van der Waals surface area (Å²) in [6.07, 6.45) is 44.1. The molecule has 18 unspecified atom stereocenters. The second kappa shape index (κ2) is 28.7. The fourth-order valence-electron chi connectivity index (χ4n) is 25.8. The summed E-state index contributed by atoms with van der Waals surface area (Å²) in [5.74, 6) is 10.8. The highest BCUT2D eigenvalue weighted by atomic mass is 19.4. The van der Waals surface area contributed by atoms with E-state index in [1.54, 1.807) is 6.92 Å². The number of rotatable bonds is 19. The van der Waals surface area contributed by atoms with E-state index in [1.165, 1.54) is 226 Å². The molecule has 0 N–H and O–H groups in total. The van der Waals surface area contributed by atoms with Gasteiger partial charge in [-0.05, 0) is 359 Å². The van der Waals surface area contributed by atoms with Crippen LogP contribution in [0.1, 0.15) is 288 Å². The first-order chi connectivity index (χ1) is 46.7. The van der Waals surface area contributed by atoms with Crippen LogP contribution in [0.2, 0.25) is 0 Å². The molecule has 18 atom stereocenters. The third-order valence-electron chi connectivity index (χ3n) is 32.2. The van der Waals surface area contributed by atoms with Gasteiger partial charge in [-0.3, -0.25) is 0 Å². The molecule has 3 aromatic carbocycles. The normalized spacial score (nSPS) is 41.1. The second-order valence-electron chi connectivity index (χ2n) is 37.1. The van der Waals surface area contributed by atoms with Crippen LogP contribution >= 0.6 is 0 Å². The molecule has 14 bridgehead atoms. The number of ether oxygens (including phenoxy) is 6. The summed E-state index contributed by atoms with van der Waals surface area (Å²) in [6.45, 7) is 17.5. The average molecular weight is 1340 g/mol. The smallest absolute Gasteiger partial charge is 0.377 e. The van der Waals surface area contributed by atoms with E-state index in [9.17, 15) is 13.2 Å². The molecule has 0 aliphatic heterocycles. The minimum atomic E-state index is -4.19. The Kier molecular flexibility index (Phi) is 20.7. The largest absolute Gasteiger partial charge is 0.411 e. The summed E-state index contributed by atoms with van der Waals surface area (Å²) in [5.41, 5.74) is 10.7. The zero-order chi connectivity index (χ0) is 66.9. The zero-order valence-corrected chi connectivity index (χ0v) is 61.2. The predicted octanol–water partition coefficient (Wildman–Crippen LogP) is 22.8. The molecule has 6 nitrogen and oxygen atoms in total. The molecule has 3 aromatic rings. The van der Waals surface area contributed by atoms with Crippen molar-refractivity contribution in [2.75, 3.05) is 26.4 Å². The zero-order valence-electron chi connectivity index (χ0n) is 61.2. The summed E-state index contributed by atoms with van der Waals surface area (Å²) in [7, 11) is 0. The van der Waals surface area contributed by atoms with Gasteiger partial charge in [0, 0.05) is 5.92 Å². The Balaban J connectivity index is 0.000000100. The number of benzene rings is 3. The Hall–Kier alpha value is -2.79. The molecular formula is C88H127F3O6. The fourth-order valence-corrected chi connectivity index (χ4v) is 25.8. The molecule has 14 fully saturated rings. The Bertz CT molecular complexity index is 3050. The molecule has 0 aromatic heterocycles. The van der Waals surface area contributed by atoms with Crippen molar-refractivity contribution in [2.24, 2.45) is 92.2 Å². The van der Waals surface area contributed by atoms with E-state index in [4.69, 9.17) is 28.4 Å². The van der Waals surface area contributed by atoms with Crippen molar-refractivity contribution in [3.63, 3.8) is 0 Å². The number of fused-ring (bicyclic) bond motifs is 18. The molecule has 16 aliphatic carbocycles. The van der Waals surface area contributed by atoms with Gasteiger partial charge in [-0.1, -0.05) is 99.5 Å². The maximum Gasteiger partial charge on any atom is 0.411 e. The summed E-state index contributed by atoms with van der Waals surface area (Å²) < 4.78 is 73.0. The second-order valence-corrected chi connectivity index (χ2v) is 37.1. The SMILES string of the molecule is CC(OC1CC2CCC1C2)C12CCC(CC1)C2.CC(OC1CCc2ccccc21)C1(C)CC2CCC1C2.CC(OCC(F)(F)F)C12CCC(CC1)C2.CC(OCC1c2ccccc2-c2ccccc21)C12CCC(CC1)C2.CC(OCCOC1CC2CCC1C2)C1(C)CC2CCC1C2. The molecule has 536 valence electrons. The van der Waals surface area contributed by atoms with E-state index in [1.807, 2.05) is 0 Å².